The standard InChI is InChI=1S/C9H7ClN2OS2/c10-9-12-11-8(15-9)5-14-7-3-1-2-6(13)4-7/h1-4,13H,5H2. The molecule has 0 aliphatic carbocycles. The molecule has 1 N–H and O–H groups in total. The molecule has 78 valence electrons. The highest BCUT2D eigenvalue weighted by atomic mass is 35.5. The van der Waals surface area contributed by atoms with Crippen LogP contribution in [0.2, 0.25) is 4.47 Å². The van der Waals surface area contributed by atoms with Crippen molar-refractivity contribution < 1.29 is 5.11 Å². The average Bonchev–Trinajstić information content (AvgIpc) is 2.62. The van der Waals surface area contributed by atoms with Gasteiger partial charge in [0, 0.05) is 4.90 Å². The van der Waals surface area contributed by atoms with Crippen LogP contribution in [-0.2, 0) is 5.75 Å². The van der Waals surface area contributed by atoms with E-state index < -0.39 is 0 Å². The number of phenols is 1. The second-order valence-corrected chi connectivity index (χ2v) is 5.43. The number of phenolic OH excluding ortho intramolecular Hbond substituents is 1. The van der Waals surface area contributed by atoms with Crippen LogP contribution in [0, 0.1) is 0 Å². The summed E-state index contributed by atoms with van der Waals surface area (Å²) in [5.41, 5.74) is 0. The van der Waals surface area contributed by atoms with E-state index >= 15 is 0 Å². The lowest BCUT2D eigenvalue weighted by molar-refractivity contribution is 0.474. The number of halogens is 1. The van der Waals surface area contributed by atoms with Crippen LogP contribution in [0.4, 0.5) is 0 Å². The van der Waals surface area contributed by atoms with Crippen LogP contribution >= 0.6 is 34.7 Å². The molecule has 0 saturated carbocycles. The van der Waals surface area contributed by atoms with Gasteiger partial charge in [-0.15, -0.1) is 22.0 Å². The minimum atomic E-state index is 0.273. The summed E-state index contributed by atoms with van der Waals surface area (Å²) in [6.45, 7) is 0. The van der Waals surface area contributed by atoms with Gasteiger partial charge < -0.3 is 5.11 Å². The Hall–Kier alpha value is -0.780. The number of hydrogen-bond donors (Lipinski definition) is 1. The molecule has 0 spiro atoms. The number of aromatic nitrogens is 2. The second-order valence-electron chi connectivity index (χ2n) is 2.73. The Morgan fingerprint density at radius 2 is 2.27 bits per heavy atom. The molecular formula is C9H7ClN2OS2. The van der Waals surface area contributed by atoms with E-state index in [2.05, 4.69) is 10.2 Å². The van der Waals surface area contributed by atoms with Gasteiger partial charge >= 0.3 is 0 Å². The van der Waals surface area contributed by atoms with Crippen LogP contribution in [-0.4, -0.2) is 15.3 Å². The van der Waals surface area contributed by atoms with Crippen molar-refractivity contribution in [2.75, 3.05) is 0 Å². The quantitative estimate of drug-likeness (QED) is 0.859. The van der Waals surface area contributed by atoms with Gasteiger partial charge in [-0.1, -0.05) is 17.4 Å². The molecule has 0 fully saturated rings. The van der Waals surface area contributed by atoms with Crippen molar-refractivity contribution in [2.45, 2.75) is 10.6 Å². The molecule has 2 rings (SSSR count). The lowest BCUT2D eigenvalue weighted by atomic mass is 10.3. The highest BCUT2D eigenvalue weighted by molar-refractivity contribution is 7.98. The highest BCUT2D eigenvalue weighted by Crippen LogP contribution is 2.27. The van der Waals surface area contributed by atoms with Gasteiger partial charge in [-0.3, -0.25) is 0 Å². The first-order valence-electron chi connectivity index (χ1n) is 4.14. The van der Waals surface area contributed by atoms with Crippen molar-refractivity contribution >= 4 is 34.7 Å². The third kappa shape index (κ3) is 3.09. The van der Waals surface area contributed by atoms with Gasteiger partial charge in [0.15, 0.2) is 0 Å². The molecule has 0 amide bonds. The van der Waals surface area contributed by atoms with Crippen LogP contribution in [0.3, 0.4) is 0 Å². The fourth-order valence-corrected chi connectivity index (χ4v) is 2.81. The lowest BCUT2D eigenvalue weighted by Gasteiger charge is -1.98. The van der Waals surface area contributed by atoms with E-state index in [1.54, 1.807) is 23.9 Å². The predicted molar refractivity (Wildman–Crippen MR) is 62.6 cm³/mol. The van der Waals surface area contributed by atoms with Crippen LogP contribution in [0.1, 0.15) is 5.01 Å². The number of aromatic hydroxyl groups is 1. The number of benzene rings is 1. The molecule has 0 saturated heterocycles. The van der Waals surface area contributed by atoms with Crippen molar-refractivity contribution in [3.8, 4) is 5.75 Å². The number of nitrogens with zero attached hydrogens (tertiary/aromatic N) is 2. The Morgan fingerprint density at radius 3 is 2.93 bits per heavy atom. The number of rotatable bonds is 3. The molecule has 0 aliphatic heterocycles. The van der Waals surface area contributed by atoms with Crippen LogP contribution < -0.4 is 0 Å². The first-order valence-corrected chi connectivity index (χ1v) is 6.32. The van der Waals surface area contributed by atoms with Crippen molar-refractivity contribution in [1.82, 2.24) is 10.2 Å². The largest absolute Gasteiger partial charge is 0.508 e. The molecule has 15 heavy (non-hydrogen) atoms. The van der Waals surface area contributed by atoms with E-state index in [-0.39, 0.29) is 5.75 Å². The van der Waals surface area contributed by atoms with E-state index in [0.717, 1.165) is 9.90 Å². The maximum atomic E-state index is 9.25. The van der Waals surface area contributed by atoms with E-state index in [0.29, 0.717) is 10.2 Å². The average molecular weight is 259 g/mol. The van der Waals surface area contributed by atoms with Gasteiger partial charge in [0.25, 0.3) is 0 Å². The van der Waals surface area contributed by atoms with E-state index in [9.17, 15) is 5.11 Å². The molecule has 0 bridgehead atoms. The Bertz CT molecular complexity index is 461. The SMILES string of the molecule is Oc1cccc(SCc2nnc(Cl)s2)c1. The topological polar surface area (TPSA) is 46.0 Å². The highest BCUT2D eigenvalue weighted by Gasteiger charge is 2.02. The Kier molecular flexibility index (Phi) is 3.45. The van der Waals surface area contributed by atoms with Gasteiger partial charge in [0.1, 0.15) is 10.8 Å². The zero-order chi connectivity index (χ0) is 10.7. The molecular weight excluding hydrogens is 252 g/mol. The van der Waals surface area contributed by atoms with Crippen molar-refractivity contribution in [1.29, 1.82) is 0 Å². The Labute approximate surface area is 100 Å². The normalized spacial score (nSPS) is 10.5. The van der Waals surface area contributed by atoms with Gasteiger partial charge in [0.2, 0.25) is 4.47 Å². The van der Waals surface area contributed by atoms with E-state index in [1.165, 1.54) is 11.3 Å². The van der Waals surface area contributed by atoms with Gasteiger partial charge in [-0.05, 0) is 29.8 Å². The number of hydrogen-bond acceptors (Lipinski definition) is 5. The lowest BCUT2D eigenvalue weighted by Crippen LogP contribution is -1.79. The molecule has 3 nitrogen and oxygen atoms in total. The molecule has 0 unspecified atom stereocenters. The first-order chi connectivity index (χ1) is 7.24. The van der Waals surface area contributed by atoms with Crippen LogP contribution in [0.15, 0.2) is 29.2 Å². The van der Waals surface area contributed by atoms with Gasteiger partial charge in [-0.25, -0.2) is 0 Å². The summed E-state index contributed by atoms with van der Waals surface area (Å²) in [5, 5.41) is 17.8. The zero-order valence-corrected chi connectivity index (χ0v) is 9.94. The van der Waals surface area contributed by atoms with Crippen molar-refractivity contribution in [2.24, 2.45) is 0 Å². The smallest absolute Gasteiger partial charge is 0.207 e. The van der Waals surface area contributed by atoms with Crippen molar-refractivity contribution in [3.63, 3.8) is 0 Å². The predicted octanol–water partition coefficient (Wildman–Crippen LogP) is 3.19. The van der Waals surface area contributed by atoms with E-state index in [1.807, 2.05) is 12.1 Å². The molecule has 6 heteroatoms. The molecule has 0 atom stereocenters. The maximum absolute atomic E-state index is 9.25. The maximum Gasteiger partial charge on any atom is 0.207 e. The summed E-state index contributed by atoms with van der Waals surface area (Å²) < 4.78 is 0.460. The van der Waals surface area contributed by atoms with Gasteiger partial charge in [0.05, 0.1) is 5.75 Å². The van der Waals surface area contributed by atoms with Crippen LogP contribution in [0.5, 0.6) is 5.75 Å². The van der Waals surface area contributed by atoms with E-state index in [4.69, 9.17) is 11.6 Å². The number of thioether (sulfide) groups is 1. The monoisotopic (exact) mass is 258 g/mol. The van der Waals surface area contributed by atoms with Gasteiger partial charge in [-0.2, -0.15) is 0 Å². The summed E-state index contributed by atoms with van der Waals surface area (Å²) in [6, 6.07) is 7.11. The molecule has 1 aromatic carbocycles. The molecule has 0 radical (unpaired) electrons. The summed E-state index contributed by atoms with van der Waals surface area (Å²) in [6.07, 6.45) is 0. The summed E-state index contributed by atoms with van der Waals surface area (Å²) in [5.74, 6) is 0.990. The molecule has 2 aromatic rings. The summed E-state index contributed by atoms with van der Waals surface area (Å²) in [7, 11) is 0. The minimum Gasteiger partial charge on any atom is -0.508 e. The first kappa shape index (κ1) is 10.7. The van der Waals surface area contributed by atoms with Crippen LogP contribution in [0.25, 0.3) is 0 Å². The molecule has 0 aliphatic rings. The third-order valence-corrected chi connectivity index (χ3v) is 3.83. The van der Waals surface area contributed by atoms with Crippen molar-refractivity contribution in [3.05, 3.63) is 33.7 Å². The second kappa shape index (κ2) is 4.83. The summed E-state index contributed by atoms with van der Waals surface area (Å²) >= 11 is 8.62. The third-order valence-electron chi connectivity index (χ3n) is 1.62. The Balaban J connectivity index is 1.99. The zero-order valence-electron chi connectivity index (χ0n) is 7.55. The fraction of sp³-hybridized carbons (Fsp3) is 0.111. The molecule has 1 heterocycles. The summed E-state index contributed by atoms with van der Waals surface area (Å²) in [4.78, 5) is 1.00. The fourth-order valence-electron chi connectivity index (χ4n) is 1.01. The molecule has 1 aromatic heterocycles. The Morgan fingerprint density at radius 1 is 1.40 bits per heavy atom. The minimum absolute atomic E-state index is 0.273.